The van der Waals surface area contributed by atoms with Crippen LogP contribution in [0.25, 0.3) is 0 Å². The largest absolute Gasteiger partial charge is 0.468 e. The Morgan fingerprint density at radius 1 is 1.67 bits per heavy atom. The number of methoxy groups -OCH3 is 1. The summed E-state index contributed by atoms with van der Waals surface area (Å²) in [6.45, 7) is 2.16. The molecule has 3 nitrogen and oxygen atoms in total. The summed E-state index contributed by atoms with van der Waals surface area (Å²) in [7, 11) is 1.33. The van der Waals surface area contributed by atoms with Crippen LogP contribution >= 0.6 is 0 Å². The molecule has 9 heavy (non-hydrogen) atoms. The summed E-state index contributed by atoms with van der Waals surface area (Å²) in [5.74, 6) is -0.258. The highest BCUT2D eigenvalue weighted by Gasteiger charge is 1.97. The Bertz CT molecular complexity index is 84.3. The van der Waals surface area contributed by atoms with Crippen molar-refractivity contribution < 1.29 is 14.3 Å². The molecule has 0 aliphatic heterocycles. The maximum atomic E-state index is 10.5. The lowest BCUT2D eigenvalue weighted by Gasteiger charge is -1.99. The quantitative estimate of drug-likeness (QED) is 0.392. The van der Waals surface area contributed by atoms with Gasteiger partial charge in [0.1, 0.15) is 6.61 Å². The van der Waals surface area contributed by atoms with E-state index in [4.69, 9.17) is 4.74 Å². The van der Waals surface area contributed by atoms with Crippen LogP contribution < -0.4 is 0 Å². The molecule has 0 rings (SSSR count). The van der Waals surface area contributed by atoms with Crippen LogP contribution in [-0.4, -0.2) is 35.4 Å². The molecule has 54 valence electrons. The molecule has 0 unspecified atom stereocenters. The van der Waals surface area contributed by atoms with Crippen molar-refractivity contribution in [3.8, 4) is 0 Å². The molecule has 0 amide bonds. The van der Waals surface area contributed by atoms with E-state index < -0.39 is 0 Å². The monoisotopic (exact) mass is 148 g/mol. The van der Waals surface area contributed by atoms with Crippen molar-refractivity contribution in [3.05, 3.63) is 0 Å². The van der Waals surface area contributed by atoms with Crippen LogP contribution in [0.2, 0.25) is 6.55 Å². The van der Waals surface area contributed by atoms with Gasteiger partial charge in [0.2, 0.25) is 0 Å². The van der Waals surface area contributed by atoms with Gasteiger partial charge in [-0.3, -0.25) is 0 Å². The van der Waals surface area contributed by atoms with Crippen molar-refractivity contribution >= 4 is 15.5 Å². The fraction of sp³-hybridized carbons (Fsp3) is 0.800. The zero-order chi connectivity index (χ0) is 7.11. The van der Waals surface area contributed by atoms with E-state index in [-0.39, 0.29) is 22.1 Å². The summed E-state index contributed by atoms with van der Waals surface area (Å²) in [6.07, 6.45) is 0.627. The van der Waals surface area contributed by atoms with Crippen molar-refractivity contribution in [3.63, 3.8) is 0 Å². The Labute approximate surface area is 57.2 Å². The van der Waals surface area contributed by atoms with E-state index in [1.807, 2.05) is 0 Å². The van der Waals surface area contributed by atoms with Crippen molar-refractivity contribution in [1.82, 2.24) is 0 Å². The summed E-state index contributed by atoms with van der Waals surface area (Å²) >= 11 is 0. The fourth-order valence-corrected chi connectivity index (χ4v) is 0.807. The lowest BCUT2D eigenvalue weighted by atomic mass is 10.7. The number of hydrogen-bond acceptors (Lipinski definition) is 3. The number of hydrogen-bond donors (Lipinski definition) is 0. The molecule has 4 heteroatoms. The Kier molecular flexibility index (Phi) is 5.55. The first-order chi connectivity index (χ1) is 4.31. The predicted molar refractivity (Wildman–Crippen MR) is 37.2 cm³/mol. The van der Waals surface area contributed by atoms with E-state index in [9.17, 15) is 4.79 Å². The molecular weight excluding hydrogens is 136 g/mol. The van der Waals surface area contributed by atoms with Gasteiger partial charge in [-0.25, -0.2) is 4.79 Å². The molecule has 0 aromatic rings. The average molecular weight is 148 g/mol. The first-order valence-electron chi connectivity index (χ1n) is 2.95. The van der Waals surface area contributed by atoms with E-state index in [1.165, 1.54) is 7.11 Å². The van der Waals surface area contributed by atoms with Gasteiger partial charge in [0, 0.05) is 7.11 Å². The van der Waals surface area contributed by atoms with E-state index in [1.54, 1.807) is 0 Å². The number of ether oxygens (including phenoxy) is 2. The third-order valence-electron chi connectivity index (χ3n) is 0.729. The van der Waals surface area contributed by atoms with Gasteiger partial charge < -0.3 is 9.47 Å². The van der Waals surface area contributed by atoms with E-state index >= 15 is 0 Å². The Balaban J connectivity index is 3.06. The number of rotatable bonds is 4. The summed E-state index contributed by atoms with van der Waals surface area (Å²) in [4.78, 5) is 10.5. The van der Waals surface area contributed by atoms with Gasteiger partial charge in [-0.2, -0.15) is 0 Å². The minimum atomic E-state index is -0.258. The number of esters is 1. The second-order valence-corrected chi connectivity index (χ2v) is 3.06. The molecular formula is C5H12O3Si. The molecule has 0 spiro atoms. The first kappa shape index (κ1) is 8.65. The van der Waals surface area contributed by atoms with Gasteiger partial charge in [-0.05, 0) is 0 Å². The van der Waals surface area contributed by atoms with E-state index in [0.29, 0.717) is 6.23 Å². The SMILES string of the molecule is COCC(=O)OC[SiH2]C. The van der Waals surface area contributed by atoms with Crippen molar-refractivity contribution in [2.75, 3.05) is 19.9 Å². The zero-order valence-electron chi connectivity index (χ0n) is 5.85. The van der Waals surface area contributed by atoms with Crippen LogP contribution in [-0.2, 0) is 14.3 Å². The lowest BCUT2D eigenvalue weighted by molar-refractivity contribution is -0.145. The summed E-state index contributed by atoms with van der Waals surface area (Å²) < 4.78 is 9.27. The van der Waals surface area contributed by atoms with Crippen LogP contribution in [0.4, 0.5) is 0 Å². The van der Waals surface area contributed by atoms with Crippen LogP contribution in [0, 0.1) is 0 Å². The molecule has 0 saturated heterocycles. The highest BCUT2D eigenvalue weighted by molar-refractivity contribution is 6.33. The fourth-order valence-electron chi connectivity index (χ4n) is 0.375. The first-order valence-corrected chi connectivity index (χ1v) is 5.37. The van der Waals surface area contributed by atoms with E-state index in [2.05, 4.69) is 11.3 Å². The molecule has 0 radical (unpaired) electrons. The average Bonchev–Trinajstić information content (AvgIpc) is 1.85. The van der Waals surface area contributed by atoms with Gasteiger partial charge in [-0.15, -0.1) is 0 Å². The molecule has 0 aromatic heterocycles. The van der Waals surface area contributed by atoms with Gasteiger partial charge in [-0.1, -0.05) is 6.55 Å². The van der Waals surface area contributed by atoms with Crippen molar-refractivity contribution in [2.45, 2.75) is 6.55 Å². The Morgan fingerprint density at radius 3 is 2.78 bits per heavy atom. The third-order valence-corrected chi connectivity index (χ3v) is 1.34. The maximum Gasteiger partial charge on any atom is 0.331 e. The molecule has 0 N–H and O–H groups in total. The van der Waals surface area contributed by atoms with Crippen molar-refractivity contribution in [2.24, 2.45) is 0 Å². The summed E-state index contributed by atoms with van der Waals surface area (Å²) in [6, 6.07) is 0. The Hall–Kier alpha value is -0.353. The van der Waals surface area contributed by atoms with Crippen molar-refractivity contribution in [1.29, 1.82) is 0 Å². The lowest BCUT2D eigenvalue weighted by Crippen LogP contribution is -2.13. The maximum absolute atomic E-state index is 10.5. The van der Waals surface area contributed by atoms with Gasteiger partial charge in [0.15, 0.2) is 0 Å². The number of carbonyl (C=O) groups is 1. The number of carbonyl (C=O) groups excluding carboxylic acids is 1. The molecule has 0 saturated carbocycles. The molecule has 0 heterocycles. The molecule has 0 fully saturated rings. The normalized spacial score (nSPS) is 10.4. The minimum Gasteiger partial charge on any atom is -0.468 e. The molecule has 0 aromatic carbocycles. The predicted octanol–water partition coefficient (Wildman–Crippen LogP) is -0.650. The van der Waals surface area contributed by atoms with Crippen LogP contribution in [0.15, 0.2) is 0 Å². The highest BCUT2D eigenvalue weighted by atomic mass is 28.2. The Morgan fingerprint density at radius 2 is 2.33 bits per heavy atom. The second-order valence-electron chi connectivity index (χ2n) is 1.65. The standard InChI is InChI=1S/C5H12O3Si/c1-7-3-5(6)8-4-9-2/h3-4,9H2,1-2H3. The topological polar surface area (TPSA) is 35.5 Å². The van der Waals surface area contributed by atoms with Crippen LogP contribution in [0.5, 0.6) is 0 Å². The van der Waals surface area contributed by atoms with E-state index in [0.717, 1.165) is 0 Å². The summed E-state index contributed by atoms with van der Waals surface area (Å²) in [5.41, 5.74) is 0. The minimum absolute atomic E-state index is 0.0778. The summed E-state index contributed by atoms with van der Waals surface area (Å²) in [5, 5.41) is 0. The van der Waals surface area contributed by atoms with Crippen LogP contribution in [0.1, 0.15) is 0 Å². The smallest absolute Gasteiger partial charge is 0.331 e. The molecule has 0 aliphatic rings. The second kappa shape index (κ2) is 5.78. The molecule has 0 atom stereocenters. The van der Waals surface area contributed by atoms with Gasteiger partial charge in [0.05, 0.1) is 15.7 Å². The molecule has 0 bridgehead atoms. The molecule has 0 aliphatic carbocycles. The third kappa shape index (κ3) is 5.52. The van der Waals surface area contributed by atoms with Gasteiger partial charge >= 0.3 is 5.97 Å². The highest BCUT2D eigenvalue weighted by Crippen LogP contribution is 1.76. The van der Waals surface area contributed by atoms with Crippen LogP contribution in [0.3, 0.4) is 0 Å². The van der Waals surface area contributed by atoms with Gasteiger partial charge in [0.25, 0.3) is 0 Å². The zero-order valence-corrected chi connectivity index (χ0v) is 7.26.